The van der Waals surface area contributed by atoms with E-state index in [0.29, 0.717) is 24.4 Å². The number of ether oxygens (including phenoxy) is 4. The van der Waals surface area contributed by atoms with Crippen molar-refractivity contribution in [3.8, 4) is 0 Å². The second-order valence-electron chi connectivity index (χ2n) is 5.72. The van der Waals surface area contributed by atoms with E-state index in [-0.39, 0.29) is 74.0 Å². The van der Waals surface area contributed by atoms with E-state index < -0.39 is 6.29 Å². The molecule has 0 spiro atoms. The molecule has 1 radical (unpaired) electrons. The summed E-state index contributed by atoms with van der Waals surface area (Å²) in [5.74, 6) is 0.111. The fourth-order valence-electron chi connectivity index (χ4n) is 2.57. The van der Waals surface area contributed by atoms with Crippen LogP contribution in [0.2, 0.25) is 5.15 Å². The van der Waals surface area contributed by atoms with Crippen LogP contribution in [0.1, 0.15) is 32.9 Å². The van der Waals surface area contributed by atoms with Crippen molar-refractivity contribution in [2.75, 3.05) is 18.9 Å². The molecule has 2 saturated heterocycles. The topological polar surface area (TPSA) is 127 Å². The van der Waals surface area contributed by atoms with Gasteiger partial charge in [0.15, 0.2) is 35.9 Å². The molecule has 2 aliphatic rings. The van der Waals surface area contributed by atoms with Crippen LogP contribution in [0, 0.1) is 44.1 Å². The minimum absolute atomic E-state index is 0. The molecule has 0 bridgehead atoms. The fourth-order valence-corrected chi connectivity index (χ4v) is 2.79. The summed E-state index contributed by atoms with van der Waals surface area (Å²) < 4.78 is 22.7. The number of rotatable bonds is 3. The number of nitrogens with zero attached hydrogens (tertiary/aromatic N) is 4. The van der Waals surface area contributed by atoms with Crippen molar-refractivity contribution in [1.29, 1.82) is 0 Å². The second kappa shape index (κ2) is 10.6. The normalized spacial score (nSPS) is 27.3. The Morgan fingerprint density at radius 3 is 2.41 bits per heavy atom. The molecule has 0 aromatic carbocycles. The van der Waals surface area contributed by atoms with Gasteiger partial charge in [-0.1, -0.05) is 25.4 Å². The summed E-state index contributed by atoms with van der Waals surface area (Å²) in [5, 5.41) is 8.92. The summed E-state index contributed by atoms with van der Waals surface area (Å²) in [6.45, 7) is 4.71. The molecule has 0 aliphatic carbocycles. The largest absolute Gasteiger partial charge is 0.368 e. The van der Waals surface area contributed by atoms with Gasteiger partial charge in [-0.15, -0.1) is 0 Å². The Morgan fingerprint density at radius 2 is 1.85 bits per heavy atom. The Hall–Kier alpha value is -0.118. The van der Waals surface area contributed by atoms with Gasteiger partial charge in [-0.25, -0.2) is 4.98 Å². The van der Waals surface area contributed by atoms with Crippen molar-refractivity contribution < 1.29 is 68.1 Å². The average Bonchev–Trinajstić information content (AvgIpc) is 3.33. The number of nitrogen functional groups attached to an aromatic ring is 1. The van der Waals surface area contributed by atoms with Crippen LogP contribution in [-0.2, 0) is 18.9 Å². The van der Waals surface area contributed by atoms with E-state index in [2.05, 4.69) is 15.0 Å². The molecule has 2 aromatic rings. The Bertz CT molecular complexity index is 751. The van der Waals surface area contributed by atoms with E-state index in [1.165, 1.54) is 0 Å². The summed E-state index contributed by atoms with van der Waals surface area (Å²) in [5.41, 5.74) is 6.65. The van der Waals surface area contributed by atoms with Crippen molar-refractivity contribution in [3.63, 3.8) is 0 Å². The maximum atomic E-state index is 8.68. The van der Waals surface area contributed by atoms with Crippen LogP contribution in [-0.4, -0.2) is 56.7 Å². The van der Waals surface area contributed by atoms with Crippen molar-refractivity contribution in [2.45, 2.75) is 51.8 Å². The average molecular weight is 615 g/mol. The van der Waals surface area contributed by atoms with Crippen molar-refractivity contribution in [2.24, 2.45) is 0 Å². The van der Waals surface area contributed by atoms with Crippen LogP contribution in [0.25, 0.3) is 11.2 Å². The summed E-state index contributed by atoms with van der Waals surface area (Å²) in [7, 11) is 0. The van der Waals surface area contributed by atoms with E-state index in [0.717, 1.165) is 12.8 Å². The van der Waals surface area contributed by atoms with Gasteiger partial charge >= 0.3 is 0 Å². The quantitative estimate of drug-likeness (QED) is 0.494. The fraction of sp³-hybridized carbons (Fsp3) is 0.667. The van der Waals surface area contributed by atoms with Gasteiger partial charge in [-0.05, 0) is 12.8 Å². The van der Waals surface area contributed by atoms with E-state index in [1.807, 2.05) is 13.8 Å². The Morgan fingerprint density at radius 1 is 1.19 bits per heavy atom. The van der Waals surface area contributed by atoms with Crippen LogP contribution in [0.5, 0.6) is 0 Å². The summed E-state index contributed by atoms with van der Waals surface area (Å²) in [6, 6.07) is 0. The van der Waals surface area contributed by atoms with Gasteiger partial charge in [-0.2, -0.15) is 9.97 Å². The zero-order chi connectivity index (χ0) is 18.7. The molecule has 2 fully saturated rings. The first kappa shape index (κ1) is 23.2. The monoisotopic (exact) mass is 614 g/mol. The molecule has 147 valence electrons. The van der Waals surface area contributed by atoms with E-state index in [4.69, 9.17) is 41.4 Å². The molecule has 10 nitrogen and oxygen atoms in total. The molecule has 4 heterocycles. The molecule has 0 amide bonds. The van der Waals surface area contributed by atoms with Gasteiger partial charge in [0.25, 0.3) is 0 Å². The van der Waals surface area contributed by atoms with Crippen LogP contribution in [0.4, 0.5) is 5.95 Å². The summed E-state index contributed by atoms with van der Waals surface area (Å²) in [4.78, 5) is 12.2. The predicted octanol–water partition coefficient (Wildman–Crippen LogP) is 1.43. The molecule has 2 aliphatic heterocycles. The number of hydrogen-bond acceptors (Lipinski definition) is 9. The smallest absolute Gasteiger partial charge is 0.223 e. The Labute approximate surface area is 197 Å². The van der Waals surface area contributed by atoms with Crippen molar-refractivity contribution in [1.82, 2.24) is 19.5 Å². The van der Waals surface area contributed by atoms with Gasteiger partial charge < -0.3 is 29.8 Å². The number of aliphatic hydroxyl groups excluding tert-OH is 1. The molecule has 2 unspecified atom stereocenters. The molecule has 2 aromatic heterocycles. The maximum absolute atomic E-state index is 8.68. The number of imidazole rings is 1. The third-order valence-electron chi connectivity index (χ3n) is 3.84. The van der Waals surface area contributed by atoms with Gasteiger partial charge in [0.05, 0.1) is 12.9 Å². The first-order chi connectivity index (χ1) is 12.5. The number of aliphatic hydroxyl groups is 1. The molecule has 3 N–H and O–H groups in total. The molecular formula is C15H22AcClN5O5. The second-order valence-corrected chi connectivity index (χ2v) is 6.08. The maximum Gasteiger partial charge on any atom is 0.223 e. The Kier molecular flexibility index (Phi) is 9.09. The molecule has 0 saturated carbocycles. The third kappa shape index (κ3) is 5.70. The number of fused-ring (bicyclic) bond motifs is 1. The zero-order valence-corrected chi connectivity index (χ0v) is 20.6. The first-order valence-corrected chi connectivity index (χ1v) is 8.77. The van der Waals surface area contributed by atoms with E-state index in [1.54, 1.807) is 10.9 Å². The van der Waals surface area contributed by atoms with Gasteiger partial charge in [0.1, 0.15) is 12.1 Å². The first-order valence-electron chi connectivity index (χ1n) is 8.39. The molecule has 12 heteroatoms. The van der Waals surface area contributed by atoms with Crippen molar-refractivity contribution in [3.05, 3.63) is 11.5 Å². The van der Waals surface area contributed by atoms with E-state index in [9.17, 15) is 0 Å². The summed E-state index contributed by atoms with van der Waals surface area (Å²) in [6.07, 6.45) is 1.88. The predicted molar refractivity (Wildman–Crippen MR) is 92.0 cm³/mol. The number of aromatic nitrogens is 4. The minimum atomic E-state index is -0.694. The molecule has 4 rings (SSSR count). The molecule has 4 atom stereocenters. The van der Waals surface area contributed by atoms with Gasteiger partial charge in [-0.3, -0.25) is 4.57 Å². The minimum Gasteiger partial charge on any atom is -0.368 e. The van der Waals surface area contributed by atoms with Gasteiger partial charge in [0.2, 0.25) is 5.95 Å². The van der Waals surface area contributed by atoms with Crippen LogP contribution in [0.15, 0.2) is 6.33 Å². The van der Waals surface area contributed by atoms with Crippen molar-refractivity contribution >= 4 is 28.7 Å². The van der Waals surface area contributed by atoms with Gasteiger partial charge in [0, 0.05) is 44.1 Å². The summed E-state index contributed by atoms with van der Waals surface area (Å²) >= 11 is 5.96. The number of anilines is 1. The number of halogens is 1. The molecule has 27 heavy (non-hydrogen) atoms. The van der Waals surface area contributed by atoms with E-state index >= 15 is 0 Å². The zero-order valence-electron chi connectivity index (χ0n) is 15.1. The number of hydrogen-bond donors (Lipinski definition) is 2. The van der Waals surface area contributed by atoms with Crippen LogP contribution < -0.4 is 5.73 Å². The SMILES string of the molecule is CC[C@@H]1OCC(O)O1.CC[C@@H]1OCC(n2cnc3c(Cl)nc(N)nc32)O1.[Ac]. The third-order valence-corrected chi connectivity index (χ3v) is 4.10. The standard InChI is InChI=1S/C10H12ClN5O2.C5H10O3.Ac/c1-2-6-17-3-5(18-6)16-4-13-7-8(11)14-10(12)15-9(7)16;1-2-5-7-3-4(6)8-5;/h4-6H,2-3H2,1H3,(H2,12,14,15);4-6H,2-3H2,1H3;/t5?,6-;4?,5-;/m11./s1. The molecular weight excluding hydrogens is 593 g/mol. The number of nitrogens with two attached hydrogens (primary N) is 1. The van der Waals surface area contributed by atoms with Crippen LogP contribution in [0.3, 0.4) is 0 Å². The van der Waals surface area contributed by atoms with Crippen LogP contribution >= 0.6 is 11.6 Å². The Balaban J connectivity index is 0.000000247.